The van der Waals surface area contributed by atoms with Crippen LogP contribution in [0.5, 0.6) is 0 Å². The van der Waals surface area contributed by atoms with Crippen molar-refractivity contribution in [3.63, 3.8) is 0 Å². The Kier molecular flexibility index (Phi) is 5.92. The van der Waals surface area contributed by atoms with Gasteiger partial charge in [0.15, 0.2) is 0 Å². The van der Waals surface area contributed by atoms with Crippen molar-refractivity contribution < 1.29 is 4.79 Å². The van der Waals surface area contributed by atoms with Crippen molar-refractivity contribution in [2.75, 3.05) is 5.32 Å². The number of rotatable bonds is 7. The smallest absolute Gasteiger partial charge is 0.248 e. The Labute approximate surface area is 132 Å². The number of halogens is 1. The maximum Gasteiger partial charge on any atom is 0.248 e. The number of anilines is 1. The van der Waals surface area contributed by atoms with Crippen LogP contribution in [0.4, 0.5) is 5.95 Å². The lowest BCUT2D eigenvalue weighted by Gasteiger charge is -2.02. The highest BCUT2D eigenvalue weighted by Gasteiger charge is 2.06. The van der Waals surface area contributed by atoms with Gasteiger partial charge in [-0.1, -0.05) is 47.8 Å². The van der Waals surface area contributed by atoms with E-state index in [1.807, 2.05) is 24.3 Å². The third-order valence-electron chi connectivity index (χ3n) is 3.05. The molecule has 21 heavy (non-hydrogen) atoms. The number of carbonyl (C=O) groups excluding carboxylic acids is 1. The van der Waals surface area contributed by atoms with Gasteiger partial charge >= 0.3 is 0 Å². The van der Waals surface area contributed by atoms with E-state index >= 15 is 0 Å². The highest BCUT2D eigenvalue weighted by Crippen LogP contribution is 2.11. The first-order chi connectivity index (χ1) is 10.2. The molecule has 0 aliphatic heterocycles. The minimum absolute atomic E-state index is 0.0233. The minimum atomic E-state index is -0.0233. The molecular formula is C15H19BrN4O. The monoisotopic (exact) mass is 350 g/mol. The number of carbonyl (C=O) groups is 1. The summed E-state index contributed by atoms with van der Waals surface area (Å²) in [5, 5.41) is 6.98. The maximum absolute atomic E-state index is 11.7. The predicted octanol–water partition coefficient (Wildman–Crippen LogP) is 3.61. The average Bonchev–Trinajstić information content (AvgIpc) is 2.89. The topological polar surface area (TPSA) is 59.8 Å². The van der Waals surface area contributed by atoms with Crippen LogP contribution in [-0.4, -0.2) is 20.7 Å². The van der Waals surface area contributed by atoms with Gasteiger partial charge in [0.05, 0.1) is 6.54 Å². The molecule has 112 valence electrons. The number of nitrogens with one attached hydrogen (secondary N) is 1. The second-order valence-electron chi connectivity index (χ2n) is 4.90. The van der Waals surface area contributed by atoms with E-state index in [1.165, 1.54) is 0 Å². The molecule has 0 radical (unpaired) electrons. The fourth-order valence-electron chi connectivity index (χ4n) is 1.93. The Hall–Kier alpha value is -1.69. The summed E-state index contributed by atoms with van der Waals surface area (Å²) in [5.74, 6) is 0.346. The van der Waals surface area contributed by atoms with Crippen molar-refractivity contribution in [1.82, 2.24) is 14.8 Å². The van der Waals surface area contributed by atoms with E-state index in [2.05, 4.69) is 38.3 Å². The van der Waals surface area contributed by atoms with E-state index in [1.54, 1.807) is 11.0 Å². The molecule has 5 nitrogen and oxygen atoms in total. The van der Waals surface area contributed by atoms with Gasteiger partial charge in [0.2, 0.25) is 11.9 Å². The lowest BCUT2D eigenvalue weighted by Crippen LogP contribution is -2.12. The molecule has 0 unspecified atom stereocenters. The number of hydrogen-bond acceptors (Lipinski definition) is 3. The Morgan fingerprint density at radius 1 is 1.29 bits per heavy atom. The number of nitrogens with zero attached hydrogens (tertiary/aromatic N) is 3. The van der Waals surface area contributed by atoms with Crippen LogP contribution < -0.4 is 5.32 Å². The second-order valence-corrected chi connectivity index (χ2v) is 5.81. The summed E-state index contributed by atoms with van der Waals surface area (Å²) < 4.78 is 2.76. The van der Waals surface area contributed by atoms with Crippen molar-refractivity contribution in [2.24, 2.45) is 0 Å². The van der Waals surface area contributed by atoms with E-state index in [4.69, 9.17) is 0 Å². The molecule has 1 amide bonds. The van der Waals surface area contributed by atoms with Crippen LogP contribution in [0.15, 0.2) is 35.1 Å². The average molecular weight is 351 g/mol. The van der Waals surface area contributed by atoms with Gasteiger partial charge in [-0.3, -0.25) is 10.1 Å². The fraction of sp³-hybridized carbons (Fsp3) is 0.400. The molecule has 0 fully saturated rings. The Morgan fingerprint density at radius 2 is 2.05 bits per heavy atom. The van der Waals surface area contributed by atoms with Crippen LogP contribution >= 0.6 is 15.9 Å². The SMILES string of the molecule is CCCCCC(=O)Nc1ncn(Cc2ccc(Br)cc2)n1. The molecule has 0 aliphatic carbocycles. The van der Waals surface area contributed by atoms with E-state index in [9.17, 15) is 4.79 Å². The first kappa shape index (κ1) is 15.7. The van der Waals surface area contributed by atoms with Crippen LogP contribution in [0.3, 0.4) is 0 Å². The molecular weight excluding hydrogens is 332 g/mol. The molecule has 0 aliphatic rings. The largest absolute Gasteiger partial charge is 0.293 e. The van der Waals surface area contributed by atoms with Gasteiger partial charge in [0, 0.05) is 10.9 Å². The molecule has 0 spiro atoms. The van der Waals surface area contributed by atoms with Crippen LogP contribution in [0.1, 0.15) is 38.2 Å². The predicted molar refractivity (Wildman–Crippen MR) is 86.0 cm³/mol. The van der Waals surface area contributed by atoms with Gasteiger partial charge in [-0.05, 0) is 24.1 Å². The summed E-state index contributed by atoms with van der Waals surface area (Å²) in [7, 11) is 0. The molecule has 0 saturated carbocycles. The summed E-state index contributed by atoms with van der Waals surface area (Å²) in [6, 6.07) is 8.02. The first-order valence-electron chi connectivity index (χ1n) is 7.11. The quantitative estimate of drug-likeness (QED) is 0.776. The summed E-state index contributed by atoms with van der Waals surface area (Å²) in [4.78, 5) is 15.8. The van der Waals surface area contributed by atoms with Crippen molar-refractivity contribution in [1.29, 1.82) is 0 Å². The van der Waals surface area contributed by atoms with Crippen molar-refractivity contribution in [3.8, 4) is 0 Å². The number of hydrogen-bond donors (Lipinski definition) is 1. The van der Waals surface area contributed by atoms with Crippen LogP contribution in [0.25, 0.3) is 0 Å². The molecule has 1 heterocycles. The van der Waals surface area contributed by atoms with Crippen molar-refractivity contribution in [2.45, 2.75) is 39.2 Å². The molecule has 2 aromatic rings. The first-order valence-corrected chi connectivity index (χ1v) is 7.90. The number of unbranched alkanes of at least 4 members (excludes halogenated alkanes) is 2. The summed E-state index contributed by atoms with van der Waals surface area (Å²) in [6.07, 6.45) is 5.23. The van der Waals surface area contributed by atoms with Crippen LogP contribution in [0.2, 0.25) is 0 Å². The van der Waals surface area contributed by atoms with Crippen LogP contribution in [0, 0.1) is 0 Å². The van der Waals surface area contributed by atoms with Crippen LogP contribution in [-0.2, 0) is 11.3 Å². The summed E-state index contributed by atoms with van der Waals surface area (Å²) >= 11 is 3.41. The van der Waals surface area contributed by atoms with Crippen molar-refractivity contribution in [3.05, 3.63) is 40.6 Å². The Balaban J connectivity index is 1.86. The van der Waals surface area contributed by atoms with Gasteiger partial charge in [-0.2, -0.15) is 0 Å². The van der Waals surface area contributed by atoms with E-state index in [0.717, 1.165) is 29.3 Å². The third kappa shape index (κ3) is 5.30. The molecule has 6 heteroatoms. The maximum atomic E-state index is 11.7. The molecule has 1 aromatic carbocycles. The van der Waals surface area contributed by atoms with E-state index in [0.29, 0.717) is 18.9 Å². The van der Waals surface area contributed by atoms with E-state index in [-0.39, 0.29) is 5.91 Å². The number of benzene rings is 1. The van der Waals surface area contributed by atoms with Gasteiger partial charge in [0.1, 0.15) is 6.33 Å². The highest BCUT2D eigenvalue weighted by atomic mass is 79.9. The Morgan fingerprint density at radius 3 is 2.76 bits per heavy atom. The summed E-state index contributed by atoms with van der Waals surface area (Å²) in [6.45, 7) is 2.75. The normalized spacial score (nSPS) is 10.6. The minimum Gasteiger partial charge on any atom is -0.293 e. The molecule has 2 rings (SSSR count). The molecule has 0 atom stereocenters. The zero-order valence-corrected chi connectivity index (χ0v) is 13.6. The molecule has 1 aromatic heterocycles. The number of aromatic nitrogens is 3. The summed E-state index contributed by atoms with van der Waals surface area (Å²) in [5.41, 5.74) is 1.13. The lowest BCUT2D eigenvalue weighted by molar-refractivity contribution is -0.116. The van der Waals surface area contributed by atoms with Gasteiger partial charge in [-0.25, -0.2) is 9.67 Å². The highest BCUT2D eigenvalue weighted by molar-refractivity contribution is 9.10. The molecule has 1 N–H and O–H groups in total. The van der Waals surface area contributed by atoms with Gasteiger partial charge < -0.3 is 0 Å². The van der Waals surface area contributed by atoms with Gasteiger partial charge in [0.25, 0.3) is 0 Å². The second kappa shape index (κ2) is 7.93. The standard InChI is InChI=1S/C15H19BrN4O/c1-2-3-4-5-14(21)18-15-17-11-20(19-15)10-12-6-8-13(16)9-7-12/h6-9,11H,2-5,10H2,1H3,(H,18,19,21). The van der Waals surface area contributed by atoms with E-state index < -0.39 is 0 Å². The Bertz CT molecular complexity index is 580. The van der Waals surface area contributed by atoms with Gasteiger partial charge in [-0.15, -0.1) is 5.10 Å². The lowest BCUT2D eigenvalue weighted by atomic mass is 10.2. The molecule has 0 saturated heterocycles. The zero-order valence-electron chi connectivity index (χ0n) is 12.1. The number of amides is 1. The zero-order chi connectivity index (χ0) is 15.1. The fourth-order valence-corrected chi connectivity index (χ4v) is 2.19. The third-order valence-corrected chi connectivity index (χ3v) is 3.58. The van der Waals surface area contributed by atoms with Crippen molar-refractivity contribution >= 4 is 27.8 Å². The molecule has 0 bridgehead atoms.